The fourth-order valence-corrected chi connectivity index (χ4v) is 3.38. The minimum atomic E-state index is 0.150. The van der Waals surface area contributed by atoms with Gasteiger partial charge in [-0.25, -0.2) is 0 Å². The second kappa shape index (κ2) is 5.50. The molecule has 0 saturated carbocycles. The van der Waals surface area contributed by atoms with Crippen LogP contribution < -0.4 is 5.73 Å². The average Bonchev–Trinajstić information content (AvgIpc) is 2.77. The first kappa shape index (κ1) is 13.1. The third-order valence-corrected chi connectivity index (χ3v) is 4.69. The molecule has 1 unspecified atom stereocenters. The van der Waals surface area contributed by atoms with Gasteiger partial charge in [-0.1, -0.05) is 26.0 Å². The van der Waals surface area contributed by atoms with E-state index in [0.29, 0.717) is 5.92 Å². The quantitative estimate of drug-likeness (QED) is 0.794. The Morgan fingerprint density at radius 3 is 2.59 bits per heavy atom. The molecule has 2 rings (SSSR count). The molecule has 1 heterocycles. The molecule has 90 valence electrons. The number of rotatable bonds is 3. The topological polar surface area (TPSA) is 26.0 Å². The van der Waals surface area contributed by atoms with Gasteiger partial charge in [0.2, 0.25) is 0 Å². The highest BCUT2D eigenvalue weighted by molar-refractivity contribution is 14.1. The Kier molecular flexibility index (Phi) is 4.22. The van der Waals surface area contributed by atoms with E-state index in [9.17, 15) is 0 Å². The molecule has 0 amide bonds. The normalized spacial score (nSPS) is 13.0. The van der Waals surface area contributed by atoms with Crippen LogP contribution in [-0.4, -0.2) is 0 Å². The van der Waals surface area contributed by atoms with E-state index in [0.717, 1.165) is 0 Å². The van der Waals surface area contributed by atoms with E-state index in [4.69, 9.17) is 5.73 Å². The highest BCUT2D eigenvalue weighted by Gasteiger charge is 2.13. The van der Waals surface area contributed by atoms with Gasteiger partial charge in [-0.3, -0.25) is 0 Å². The Hall–Kier alpha value is -0.390. The molecule has 3 heteroatoms. The molecule has 1 atom stereocenters. The molecule has 0 aliphatic heterocycles. The predicted molar refractivity (Wildman–Crippen MR) is 84.2 cm³/mol. The van der Waals surface area contributed by atoms with Gasteiger partial charge in [-0.15, -0.1) is 11.3 Å². The van der Waals surface area contributed by atoms with Gasteiger partial charge in [0.05, 0.1) is 0 Å². The average molecular weight is 357 g/mol. The fourth-order valence-electron chi connectivity index (χ4n) is 1.66. The van der Waals surface area contributed by atoms with Gasteiger partial charge in [-0.2, -0.15) is 0 Å². The maximum absolute atomic E-state index is 6.17. The smallest absolute Gasteiger partial charge is 0.0413 e. The van der Waals surface area contributed by atoms with Crippen LogP contribution in [0.25, 0.3) is 10.4 Å². The largest absolute Gasteiger partial charge is 0.323 e. The van der Waals surface area contributed by atoms with Crippen LogP contribution in [0.4, 0.5) is 0 Å². The number of hydrogen-bond acceptors (Lipinski definition) is 2. The lowest BCUT2D eigenvalue weighted by atomic mass is 10.0. The molecular weight excluding hydrogens is 341 g/mol. The van der Waals surface area contributed by atoms with Crippen molar-refractivity contribution >= 4 is 33.9 Å². The first-order valence-corrected chi connectivity index (χ1v) is 7.58. The Bertz CT molecular complexity index is 504. The van der Waals surface area contributed by atoms with E-state index in [2.05, 4.69) is 72.8 Å². The van der Waals surface area contributed by atoms with Crippen molar-refractivity contribution in [3.8, 4) is 10.4 Å². The predicted octanol–water partition coefficient (Wildman–Crippen LogP) is 4.68. The lowest BCUT2D eigenvalue weighted by Crippen LogP contribution is -2.14. The summed E-state index contributed by atoms with van der Waals surface area (Å²) >= 11 is 4.15. The lowest BCUT2D eigenvalue weighted by molar-refractivity contribution is 0.521. The molecule has 17 heavy (non-hydrogen) atoms. The third kappa shape index (κ3) is 3.09. The van der Waals surface area contributed by atoms with Gasteiger partial charge in [-0.05, 0) is 58.3 Å². The van der Waals surface area contributed by atoms with Crippen LogP contribution in [0.3, 0.4) is 0 Å². The van der Waals surface area contributed by atoms with Gasteiger partial charge < -0.3 is 5.73 Å². The van der Waals surface area contributed by atoms with Crippen LogP contribution in [0.5, 0.6) is 0 Å². The highest BCUT2D eigenvalue weighted by atomic mass is 127. The summed E-state index contributed by atoms with van der Waals surface area (Å²) in [5, 5.41) is 0. The van der Waals surface area contributed by atoms with Crippen LogP contribution in [0.2, 0.25) is 0 Å². The Morgan fingerprint density at radius 1 is 1.18 bits per heavy atom. The molecule has 0 spiro atoms. The molecule has 0 aliphatic carbocycles. The SMILES string of the molecule is CC(C)C(N)c1ccc(-c2cccc(I)c2)s1. The van der Waals surface area contributed by atoms with E-state index in [-0.39, 0.29) is 6.04 Å². The number of hydrogen-bond donors (Lipinski definition) is 1. The Labute approximate surface area is 120 Å². The summed E-state index contributed by atoms with van der Waals surface area (Å²) in [4.78, 5) is 2.57. The second-order valence-corrected chi connectivity index (χ2v) is 6.84. The molecule has 2 N–H and O–H groups in total. The van der Waals surface area contributed by atoms with Crippen LogP contribution in [-0.2, 0) is 0 Å². The summed E-state index contributed by atoms with van der Waals surface area (Å²) in [6.45, 7) is 4.32. The summed E-state index contributed by atoms with van der Waals surface area (Å²) in [5.41, 5.74) is 7.45. The molecule has 1 nitrogen and oxygen atoms in total. The summed E-state index contributed by atoms with van der Waals surface area (Å²) in [5.74, 6) is 0.484. The standard InChI is InChI=1S/C14H16INS/c1-9(2)14(16)13-7-6-12(17-13)10-4-3-5-11(15)8-10/h3-9,14H,16H2,1-2H3. The van der Waals surface area contributed by atoms with Gasteiger partial charge in [0.1, 0.15) is 0 Å². The summed E-state index contributed by atoms with van der Waals surface area (Å²) in [6, 6.07) is 13.0. The van der Waals surface area contributed by atoms with Crippen molar-refractivity contribution in [1.82, 2.24) is 0 Å². The van der Waals surface area contributed by atoms with Gasteiger partial charge in [0.15, 0.2) is 0 Å². The van der Waals surface area contributed by atoms with Crippen molar-refractivity contribution in [3.05, 3.63) is 44.8 Å². The number of halogens is 1. The first-order chi connectivity index (χ1) is 8.08. The van der Waals surface area contributed by atoms with Crippen molar-refractivity contribution in [3.63, 3.8) is 0 Å². The van der Waals surface area contributed by atoms with Crippen molar-refractivity contribution < 1.29 is 0 Å². The number of thiophene rings is 1. The van der Waals surface area contributed by atoms with E-state index in [1.165, 1.54) is 18.9 Å². The van der Waals surface area contributed by atoms with Crippen LogP contribution in [0.1, 0.15) is 24.8 Å². The van der Waals surface area contributed by atoms with Gasteiger partial charge >= 0.3 is 0 Å². The van der Waals surface area contributed by atoms with Crippen molar-refractivity contribution in [1.29, 1.82) is 0 Å². The monoisotopic (exact) mass is 357 g/mol. The maximum atomic E-state index is 6.17. The molecule has 0 radical (unpaired) electrons. The lowest BCUT2D eigenvalue weighted by Gasteiger charge is -2.12. The zero-order valence-corrected chi connectivity index (χ0v) is 13.0. The molecular formula is C14H16INS. The minimum absolute atomic E-state index is 0.150. The summed E-state index contributed by atoms with van der Waals surface area (Å²) < 4.78 is 1.27. The summed E-state index contributed by atoms with van der Waals surface area (Å²) in [7, 11) is 0. The van der Waals surface area contributed by atoms with Crippen molar-refractivity contribution in [2.75, 3.05) is 0 Å². The molecule has 2 aromatic rings. The van der Waals surface area contributed by atoms with E-state index in [1.807, 2.05) is 0 Å². The third-order valence-electron chi connectivity index (χ3n) is 2.78. The maximum Gasteiger partial charge on any atom is 0.0413 e. The Balaban J connectivity index is 2.30. The highest BCUT2D eigenvalue weighted by Crippen LogP contribution is 2.33. The molecule has 0 saturated heterocycles. The molecule has 0 bridgehead atoms. The van der Waals surface area contributed by atoms with E-state index >= 15 is 0 Å². The Morgan fingerprint density at radius 2 is 1.94 bits per heavy atom. The van der Waals surface area contributed by atoms with Crippen LogP contribution in [0.15, 0.2) is 36.4 Å². The molecule has 1 aromatic carbocycles. The molecule has 0 aliphatic rings. The zero-order valence-electron chi connectivity index (χ0n) is 9.98. The summed E-state index contributed by atoms with van der Waals surface area (Å²) in [6.07, 6.45) is 0. The van der Waals surface area contributed by atoms with Crippen molar-refractivity contribution in [2.45, 2.75) is 19.9 Å². The fraction of sp³-hybridized carbons (Fsp3) is 0.286. The second-order valence-electron chi connectivity index (χ2n) is 4.48. The minimum Gasteiger partial charge on any atom is -0.323 e. The van der Waals surface area contributed by atoms with E-state index < -0.39 is 0 Å². The van der Waals surface area contributed by atoms with Crippen LogP contribution in [0, 0.1) is 9.49 Å². The van der Waals surface area contributed by atoms with Crippen LogP contribution >= 0.6 is 33.9 Å². The number of nitrogens with two attached hydrogens (primary N) is 1. The molecule has 0 fully saturated rings. The van der Waals surface area contributed by atoms with Gasteiger partial charge in [0, 0.05) is 19.4 Å². The molecule has 1 aromatic heterocycles. The van der Waals surface area contributed by atoms with Gasteiger partial charge in [0.25, 0.3) is 0 Å². The van der Waals surface area contributed by atoms with Crippen molar-refractivity contribution in [2.24, 2.45) is 11.7 Å². The number of benzene rings is 1. The first-order valence-electron chi connectivity index (χ1n) is 5.69. The van der Waals surface area contributed by atoms with E-state index in [1.54, 1.807) is 11.3 Å². The zero-order chi connectivity index (χ0) is 12.4.